The quantitative estimate of drug-likeness (QED) is 0.617. The van der Waals surface area contributed by atoms with Crippen LogP contribution in [-0.4, -0.2) is 36.5 Å². The Bertz CT molecular complexity index is 467. The third-order valence-corrected chi connectivity index (χ3v) is 2.87. The van der Waals surface area contributed by atoms with E-state index >= 15 is 0 Å². The Morgan fingerprint density at radius 3 is 2.05 bits per heavy atom. The Hall–Kier alpha value is -1.68. The van der Waals surface area contributed by atoms with Gasteiger partial charge in [0.2, 0.25) is 0 Å². The average Bonchev–Trinajstić information content (AvgIpc) is 2.58. The standard InChI is InChI=1S/C15H19NO3/c1-15(2,3)10-19-9-8-16-13(17)11-6-4-5-7-12(11)14(16)18/h4-7H,8-10H2,1-3H3. The molecular weight excluding hydrogens is 242 g/mol. The molecule has 1 aromatic carbocycles. The molecule has 4 heteroatoms. The van der Waals surface area contributed by atoms with Crippen molar-refractivity contribution < 1.29 is 14.3 Å². The van der Waals surface area contributed by atoms with Gasteiger partial charge in [0.1, 0.15) is 0 Å². The van der Waals surface area contributed by atoms with E-state index in [1.165, 1.54) is 4.90 Å². The molecule has 1 aliphatic heterocycles. The van der Waals surface area contributed by atoms with Crippen LogP contribution in [0.4, 0.5) is 0 Å². The molecule has 0 saturated carbocycles. The summed E-state index contributed by atoms with van der Waals surface area (Å²) in [5.74, 6) is -0.445. The second kappa shape index (κ2) is 5.13. The van der Waals surface area contributed by atoms with E-state index in [9.17, 15) is 9.59 Å². The van der Waals surface area contributed by atoms with Crippen LogP contribution in [0.15, 0.2) is 24.3 Å². The van der Waals surface area contributed by atoms with E-state index in [1.807, 2.05) is 0 Å². The first-order valence-corrected chi connectivity index (χ1v) is 6.43. The smallest absolute Gasteiger partial charge is 0.261 e. The maximum Gasteiger partial charge on any atom is 0.261 e. The zero-order valence-corrected chi connectivity index (χ0v) is 11.6. The highest BCUT2D eigenvalue weighted by atomic mass is 16.5. The van der Waals surface area contributed by atoms with Crippen LogP contribution in [0, 0.1) is 5.41 Å². The van der Waals surface area contributed by atoms with Gasteiger partial charge in [-0.3, -0.25) is 14.5 Å². The second-order valence-electron chi connectivity index (χ2n) is 5.92. The molecule has 0 bridgehead atoms. The minimum Gasteiger partial charge on any atom is -0.379 e. The van der Waals surface area contributed by atoms with Crippen LogP contribution >= 0.6 is 0 Å². The lowest BCUT2D eigenvalue weighted by atomic mass is 9.99. The molecule has 0 fully saturated rings. The zero-order valence-electron chi connectivity index (χ0n) is 11.6. The van der Waals surface area contributed by atoms with E-state index in [1.54, 1.807) is 24.3 Å². The van der Waals surface area contributed by atoms with Gasteiger partial charge in [-0.25, -0.2) is 0 Å². The van der Waals surface area contributed by atoms with Crippen molar-refractivity contribution >= 4 is 11.8 Å². The van der Waals surface area contributed by atoms with Gasteiger partial charge in [-0.15, -0.1) is 0 Å². The fourth-order valence-electron chi connectivity index (χ4n) is 1.98. The summed E-state index contributed by atoms with van der Waals surface area (Å²) >= 11 is 0. The molecule has 1 heterocycles. The molecule has 0 atom stereocenters. The first kappa shape index (κ1) is 13.7. The highest BCUT2D eigenvalue weighted by Crippen LogP contribution is 2.22. The van der Waals surface area contributed by atoms with Crippen molar-refractivity contribution in [3.63, 3.8) is 0 Å². The minimum absolute atomic E-state index is 0.0853. The molecule has 2 rings (SSSR count). The third kappa shape index (κ3) is 3.01. The van der Waals surface area contributed by atoms with Crippen molar-refractivity contribution in [2.24, 2.45) is 5.41 Å². The predicted octanol–water partition coefficient (Wildman–Crippen LogP) is 2.35. The van der Waals surface area contributed by atoms with Gasteiger partial charge in [0.15, 0.2) is 0 Å². The molecule has 1 aromatic rings. The Morgan fingerprint density at radius 2 is 1.58 bits per heavy atom. The summed E-state index contributed by atoms with van der Waals surface area (Å²) in [5, 5.41) is 0. The largest absolute Gasteiger partial charge is 0.379 e. The molecule has 102 valence electrons. The Labute approximate surface area is 113 Å². The average molecular weight is 261 g/mol. The van der Waals surface area contributed by atoms with E-state index in [0.29, 0.717) is 30.9 Å². The van der Waals surface area contributed by atoms with Gasteiger partial charge in [0.05, 0.1) is 30.9 Å². The fourth-order valence-corrected chi connectivity index (χ4v) is 1.98. The van der Waals surface area contributed by atoms with E-state index in [0.717, 1.165) is 0 Å². The lowest BCUT2D eigenvalue weighted by Gasteiger charge is -2.19. The monoisotopic (exact) mass is 261 g/mol. The van der Waals surface area contributed by atoms with Gasteiger partial charge in [0.25, 0.3) is 11.8 Å². The highest BCUT2D eigenvalue weighted by molar-refractivity contribution is 6.21. The predicted molar refractivity (Wildman–Crippen MR) is 72.1 cm³/mol. The minimum atomic E-state index is -0.222. The molecular formula is C15H19NO3. The van der Waals surface area contributed by atoms with Crippen LogP contribution in [0.1, 0.15) is 41.5 Å². The second-order valence-corrected chi connectivity index (χ2v) is 5.92. The molecule has 0 aliphatic carbocycles. The molecule has 1 aliphatic rings. The molecule has 0 spiro atoms. The SMILES string of the molecule is CC(C)(C)COCCN1C(=O)c2ccccc2C1=O. The van der Waals surface area contributed by atoms with Crippen molar-refractivity contribution in [2.45, 2.75) is 20.8 Å². The van der Waals surface area contributed by atoms with Crippen LogP contribution in [0.2, 0.25) is 0 Å². The number of ether oxygens (including phenoxy) is 1. The summed E-state index contributed by atoms with van der Waals surface area (Å²) in [7, 11) is 0. The summed E-state index contributed by atoms with van der Waals surface area (Å²) in [4.78, 5) is 25.4. The van der Waals surface area contributed by atoms with Crippen molar-refractivity contribution in [1.82, 2.24) is 4.90 Å². The number of hydrogen-bond donors (Lipinski definition) is 0. The van der Waals surface area contributed by atoms with Gasteiger partial charge in [-0.05, 0) is 17.5 Å². The molecule has 0 aromatic heterocycles. The molecule has 4 nitrogen and oxygen atoms in total. The number of nitrogens with zero attached hydrogens (tertiary/aromatic N) is 1. The van der Waals surface area contributed by atoms with Crippen LogP contribution < -0.4 is 0 Å². The van der Waals surface area contributed by atoms with Crippen LogP contribution in [0.5, 0.6) is 0 Å². The van der Waals surface area contributed by atoms with Gasteiger partial charge < -0.3 is 4.74 Å². The van der Waals surface area contributed by atoms with E-state index in [2.05, 4.69) is 20.8 Å². The molecule has 0 N–H and O–H groups in total. The fraction of sp³-hybridized carbons (Fsp3) is 0.467. The number of fused-ring (bicyclic) bond motifs is 1. The van der Waals surface area contributed by atoms with Gasteiger partial charge in [-0.1, -0.05) is 32.9 Å². The van der Waals surface area contributed by atoms with Crippen LogP contribution in [0.25, 0.3) is 0 Å². The number of carbonyl (C=O) groups excluding carboxylic acids is 2. The number of imide groups is 1. The summed E-state index contributed by atoms with van der Waals surface area (Å²) < 4.78 is 5.51. The molecule has 0 unspecified atom stereocenters. The third-order valence-electron chi connectivity index (χ3n) is 2.87. The summed E-state index contributed by atoms with van der Waals surface area (Å²) in [6, 6.07) is 6.91. The Balaban J connectivity index is 1.94. The number of amides is 2. The van der Waals surface area contributed by atoms with Crippen LogP contribution in [-0.2, 0) is 4.74 Å². The van der Waals surface area contributed by atoms with E-state index < -0.39 is 0 Å². The van der Waals surface area contributed by atoms with Gasteiger partial charge >= 0.3 is 0 Å². The molecule has 0 saturated heterocycles. The number of carbonyl (C=O) groups is 2. The van der Waals surface area contributed by atoms with Gasteiger partial charge in [0, 0.05) is 0 Å². The Morgan fingerprint density at radius 1 is 1.05 bits per heavy atom. The van der Waals surface area contributed by atoms with Crippen molar-refractivity contribution in [2.75, 3.05) is 19.8 Å². The first-order valence-electron chi connectivity index (χ1n) is 6.43. The maximum atomic E-state index is 12.0. The van der Waals surface area contributed by atoms with E-state index in [-0.39, 0.29) is 17.2 Å². The van der Waals surface area contributed by atoms with Gasteiger partial charge in [-0.2, -0.15) is 0 Å². The Kier molecular flexibility index (Phi) is 3.71. The van der Waals surface area contributed by atoms with Crippen LogP contribution in [0.3, 0.4) is 0 Å². The molecule has 19 heavy (non-hydrogen) atoms. The lowest BCUT2D eigenvalue weighted by molar-refractivity contribution is 0.0439. The lowest BCUT2D eigenvalue weighted by Crippen LogP contribution is -2.33. The summed E-state index contributed by atoms with van der Waals surface area (Å²) in [6.45, 7) is 7.53. The summed E-state index contributed by atoms with van der Waals surface area (Å²) in [5.41, 5.74) is 1.06. The normalized spacial score (nSPS) is 15.0. The first-order chi connectivity index (χ1) is 8.90. The summed E-state index contributed by atoms with van der Waals surface area (Å²) in [6.07, 6.45) is 0. The number of hydrogen-bond acceptors (Lipinski definition) is 3. The highest BCUT2D eigenvalue weighted by Gasteiger charge is 2.34. The zero-order chi connectivity index (χ0) is 14.0. The van der Waals surface area contributed by atoms with E-state index in [4.69, 9.17) is 4.74 Å². The number of rotatable bonds is 4. The maximum absolute atomic E-state index is 12.0. The topological polar surface area (TPSA) is 46.6 Å². The number of benzene rings is 1. The van der Waals surface area contributed by atoms with Crippen molar-refractivity contribution in [3.05, 3.63) is 35.4 Å². The molecule has 2 amide bonds. The molecule has 0 radical (unpaired) electrons. The van der Waals surface area contributed by atoms with Crippen molar-refractivity contribution in [1.29, 1.82) is 0 Å². The van der Waals surface area contributed by atoms with Crippen molar-refractivity contribution in [3.8, 4) is 0 Å².